The van der Waals surface area contributed by atoms with E-state index in [0.717, 1.165) is 5.56 Å². The van der Waals surface area contributed by atoms with Crippen molar-refractivity contribution in [2.45, 2.75) is 53.4 Å². The van der Waals surface area contributed by atoms with Gasteiger partial charge in [0, 0.05) is 11.9 Å². The van der Waals surface area contributed by atoms with E-state index in [9.17, 15) is 4.39 Å². The molecule has 0 aliphatic rings. The third kappa shape index (κ3) is 5.66. The van der Waals surface area contributed by atoms with Crippen LogP contribution >= 0.6 is 0 Å². The highest BCUT2D eigenvalue weighted by Gasteiger charge is 2.03. The maximum atomic E-state index is 12.7. The molecule has 0 saturated heterocycles. The normalized spacial score (nSPS) is 10.5. The van der Waals surface area contributed by atoms with Crippen molar-refractivity contribution in [1.29, 1.82) is 0 Å². The minimum absolute atomic E-state index is 0.140. The summed E-state index contributed by atoms with van der Waals surface area (Å²) in [5.41, 5.74) is 4.74. The molecule has 2 rings (SSSR count). The molecule has 1 aromatic heterocycles. The molecule has 21 heavy (non-hydrogen) atoms. The molecule has 1 nitrogen and oxygen atoms in total. The number of aryl methyl sites for hydroxylation is 2. The molecule has 0 aliphatic carbocycles. The Balaban J connectivity index is 0.000000211. The summed E-state index contributed by atoms with van der Waals surface area (Å²) in [6.45, 7) is 12.6. The number of hydrogen-bond acceptors (Lipinski definition) is 1. The Hall–Kier alpha value is -1.70. The highest BCUT2D eigenvalue weighted by molar-refractivity contribution is 5.28. The van der Waals surface area contributed by atoms with Crippen molar-refractivity contribution in [2.75, 3.05) is 0 Å². The average molecular weight is 287 g/mol. The molecule has 1 aromatic carbocycles. The van der Waals surface area contributed by atoms with Gasteiger partial charge in [-0.25, -0.2) is 4.39 Å². The Morgan fingerprint density at radius 3 is 2.00 bits per heavy atom. The average Bonchev–Trinajstić information content (AvgIpc) is 2.42. The smallest absolute Gasteiger partial charge is 0.123 e. The fourth-order valence-electron chi connectivity index (χ4n) is 2.11. The molecule has 0 unspecified atom stereocenters. The SMILES string of the molecule is Cc1ccc(F)cc1C(C)C.Cc1ccnc(C(C)C)c1. The van der Waals surface area contributed by atoms with E-state index in [-0.39, 0.29) is 5.82 Å². The van der Waals surface area contributed by atoms with Gasteiger partial charge in [-0.1, -0.05) is 33.8 Å². The minimum Gasteiger partial charge on any atom is -0.261 e. The van der Waals surface area contributed by atoms with Gasteiger partial charge < -0.3 is 0 Å². The van der Waals surface area contributed by atoms with Gasteiger partial charge in [0.2, 0.25) is 0 Å². The Morgan fingerprint density at radius 1 is 0.905 bits per heavy atom. The van der Waals surface area contributed by atoms with E-state index in [1.807, 2.05) is 25.3 Å². The molecule has 0 N–H and O–H groups in total. The summed E-state index contributed by atoms with van der Waals surface area (Å²) in [6, 6.07) is 9.09. The van der Waals surface area contributed by atoms with Gasteiger partial charge in [0.25, 0.3) is 0 Å². The van der Waals surface area contributed by atoms with Gasteiger partial charge in [0.1, 0.15) is 5.82 Å². The molecule has 0 spiro atoms. The van der Waals surface area contributed by atoms with Crippen LogP contribution in [-0.4, -0.2) is 4.98 Å². The number of nitrogens with zero attached hydrogens (tertiary/aromatic N) is 1. The second kappa shape index (κ2) is 7.92. The van der Waals surface area contributed by atoms with Gasteiger partial charge >= 0.3 is 0 Å². The van der Waals surface area contributed by atoms with Crippen LogP contribution in [-0.2, 0) is 0 Å². The zero-order valence-corrected chi connectivity index (χ0v) is 13.9. The number of halogens is 1. The van der Waals surface area contributed by atoms with Crippen molar-refractivity contribution in [3.63, 3.8) is 0 Å². The summed E-state index contributed by atoms with van der Waals surface area (Å²) < 4.78 is 12.7. The summed E-state index contributed by atoms with van der Waals surface area (Å²) in [5.74, 6) is 0.810. The van der Waals surface area contributed by atoms with Crippen molar-refractivity contribution in [2.24, 2.45) is 0 Å². The summed E-state index contributed by atoms with van der Waals surface area (Å²) in [6.07, 6.45) is 1.87. The van der Waals surface area contributed by atoms with E-state index in [4.69, 9.17) is 0 Å². The Morgan fingerprint density at radius 2 is 1.57 bits per heavy atom. The predicted octanol–water partition coefficient (Wildman–Crippen LogP) is 5.77. The van der Waals surface area contributed by atoms with Crippen molar-refractivity contribution < 1.29 is 4.39 Å². The fourth-order valence-corrected chi connectivity index (χ4v) is 2.11. The quantitative estimate of drug-likeness (QED) is 0.683. The van der Waals surface area contributed by atoms with E-state index >= 15 is 0 Å². The Bertz CT molecular complexity index is 574. The number of benzene rings is 1. The minimum atomic E-state index is -0.140. The van der Waals surface area contributed by atoms with Gasteiger partial charge in [-0.05, 0) is 66.6 Å². The third-order valence-electron chi connectivity index (χ3n) is 3.39. The number of hydrogen-bond donors (Lipinski definition) is 0. The molecule has 0 amide bonds. The van der Waals surface area contributed by atoms with Crippen LogP contribution in [0.5, 0.6) is 0 Å². The van der Waals surface area contributed by atoms with Crippen LogP contribution in [0, 0.1) is 19.7 Å². The van der Waals surface area contributed by atoms with E-state index in [1.54, 1.807) is 6.07 Å². The molecule has 0 fully saturated rings. The zero-order chi connectivity index (χ0) is 16.0. The molecule has 0 atom stereocenters. The topological polar surface area (TPSA) is 12.9 Å². The Labute approximate surface area is 128 Å². The van der Waals surface area contributed by atoms with Crippen LogP contribution in [0.15, 0.2) is 36.5 Å². The van der Waals surface area contributed by atoms with Crippen LogP contribution in [0.4, 0.5) is 4.39 Å². The predicted molar refractivity (Wildman–Crippen MR) is 88.3 cm³/mol. The van der Waals surface area contributed by atoms with E-state index in [0.29, 0.717) is 11.8 Å². The monoisotopic (exact) mass is 287 g/mol. The molecule has 2 heteroatoms. The van der Waals surface area contributed by atoms with Crippen molar-refractivity contribution in [3.8, 4) is 0 Å². The summed E-state index contributed by atoms with van der Waals surface area (Å²) >= 11 is 0. The van der Waals surface area contributed by atoms with Crippen LogP contribution in [0.3, 0.4) is 0 Å². The van der Waals surface area contributed by atoms with Gasteiger partial charge in [-0.15, -0.1) is 0 Å². The first-order valence-corrected chi connectivity index (χ1v) is 7.49. The van der Waals surface area contributed by atoms with Crippen molar-refractivity contribution in [1.82, 2.24) is 4.98 Å². The molecule has 0 aliphatic heterocycles. The van der Waals surface area contributed by atoms with Crippen LogP contribution in [0.1, 0.15) is 61.9 Å². The van der Waals surface area contributed by atoms with Crippen molar-refractivity contribution >= 4 is 0 Å². The first kappa shape index (κ1) is 17.4. The third-order valence-corrected chi connectivity index (χ3v) is 3.39. The van der Waals surface area contributed by atoms with E-state index in [1.165, 1.54) is 22.9 Å². The lowest BCUT2D eigenvalue weighted by Gasteiger charge is -2.08. The zero-order valence-electron chi connectivity index (χ0n) is 13.9. The largest absolute Gasteiger partial charge is 0.261 e. The van der Waals surface area contributed by atoms with Gasteiger partial charge in [0.15, 0.2) is 0 Å². The number of pyridine rings is 1. The van der Waals surface area contributed by atoms with Crippen LogP contribution in [0.25, 0.3) is 0 Å². The van der Waals surface area contributed by atoms with Crippen LogP contribution < -0.4 is 0 Å². The van der Waals surface area contributed by atoms with Crippen molar-refractivity contribution in [3.05, 3.63) is 64.7 Å². The molecule has 1 heterocycles. The second-order valence-corrected chi connectivity index (χ2v) is 6.07. The summed E-state index contributed by atoms with van der Waals surface area (Å²) in [7, 11) is 0. The molecule has 0 radical (unpaired) electrons. The van der Waals surface area contributed by atoms with E-state index < -0.39 is 0 Å². The summed E-state index contributed by atoms with van der Waals surface area (Å²) in [5, 5.41) is 0. The Kier molecular flexibility index (Phi) is 6.54. The van der Waals surface area contributed by atoms with Gasteiger partial charge in [-0.2, -0.15) is 0 Å². The van der Waals surface area contributed by atoms with Gasteiger partial charge in [-0.3, -0.25) is 4.98 Å². The lowest BCUT2D eigenvalue weighted by Crippen LogP contribution is -1.92. The fraction of sp³-hybridized carbons (Fsp3) is 0.421. The molecule has 0 bridgehead atoms. The van der Waals surface area contributed by atoms with Gasteiger partial charge in [0.05, 0.1) is 0 Å². The molecule has 114 valence electrons. The first-order valence-electron chi connectivity index (χ1n) is 7.49. The molecular formula is C19H26FN. The lowest BCUT2D eigenvalue weighted by atomic mass is 9.98. The van der Waals surface area contributed by atoms with E-state index in [2.05, 4.69) is 45.7 Å². The standard InChI is InChI=1S/C10H13F.C9H13N/c1-7(2)10-6-9(11)5-4-8(10)3;1-7(2)9-6-8(3)4-5-10-9/h4-7H,1-3H3;4-7H,1-3H3. The number of rotatable bonds is 2. The highest BCUT2D eigenvalue weighted by Crippen LogP contribution is 2.19. The molecule has 0 saturated carbocycles. The highest BCUT2D eigenvalue weighted by atomic mass is 19.1. The molecular weight excluding hydrogens is 261 g/mol. The maximum absolute atomic E-state index is 12.7. The molecule has 2 aromatic rings. The summed E-state index contributed by atoms with van der Waals surface area (Å²) in [4.78, 5) is 4.24. The lowest BCUT2D eigenvalue weighted by molar-refractivity contribution is 0.622. The van der Waals surface area contributed by atoms with Crippen LogP contribution in [0.2, 0.25) is 0 Å². The second-order valence-electron chi connectivity index (χ2n) is 6.07. The number of aromatic nitrogens is 1. The maximum Gasteiger partial charge on any atom is 0.123 e. The first-order chi connectivity index (χ1) is 9.81.